The lowest BCUT2D eigenvalue weighted by Crippen LogP contribution is -2.40. The van der Waals surface area contributed by atoms with E-state index in [1.54, 1.807) is 31.2 Å². The maximum absolute atomic E-state index is 12.2. The van der Waals surface area contributed by atoms with Crippen LogP contribution in [0.25, 0.3) is 0 Å². The Hall–Kier alpha value is -3.55. The minimum Gasteiger partial charge on any atom is -0.457 e. The van der Waals surface area contributed by atoms with Crippen molar-refractivity contribution in [2.24, 2.45) is 5.73 Å². The molecule has 0 heterocycles. The molecule has 4 amide bonds. The third-order valence-electron chi connectivity index (χ3n) is 3.77. The lowest BCUT2D eigenvalue weighted by Gasteiger charge is -2.18. The molecule has 0 aliphatic rings. The number of para-hydroxylation sites is 1. The van der Waals surface area contributed by atoms with Crippen molar-refractivity contribution in [3.05, 3.63) is 60.2 Å². The average Bonchev–Trinajstić information content (AvgIpc) is 2.67. The first kappa shape index (κ1) is 20.8. The first-order chi connectivity index (χ1) is 13.5. The van der Waals surface area contributed by atoms with E-state index in [-0.39, 0.29) is 24.8 Å². The highest BCUT2D eigenvalue weighted by Crippen LogP contribution is 2.25. The zero-order chi connectivity index (χ0) is 20.4. The number of carbonyl (C=O) groups excluding carboxylic acids is 3. The SMILES string of the molecule is CCNC(=O)CNC(=O)C[C@@H](NC(N)=O)c1cccc(Oc2ccccc2)c1. The summed E-state index contributed by atoms with van der Waals surface area (Å²) in [6.45, 7) is 2.14. The zero-order valence-electron chi connectivity index (χ0n) is 15.6. The molecule has 148 valence electrons. The molecule has 8 nitrogen and oxygen atoms in total. The monoisotopic (exact) mass is 384 g/mol. The van der Waals surface area contributed by atoms with Crippen molar-refractivity contribution in [3.8, 4) is 11.5 Å². The van der Waals surface area contributed by atoms with Crippen molar-refractivity contribution < 1.29 is 19.1 Å². The Bertz CT molecular complexity index is 811. The van der Waals surface area contributed by atoms with Gasteiger partial charge in [0.05, 0.1) is 19.0 Å². The van der Waals surface area contributed by atoms with Gasteiger partial charge in [0.2, 0.25) is 11.8 Å². The topological polar surface area (TPSA) is 123 Å². The molecule has 28 heavy (non-hydrogen) atoms. The van der Waals surface area contributed by atoms with Gasteiger partial charge in [-0.05, 0) is 36.8 Å². The van der Waals surface area contributed by atoms with E-state index in [2.05, 4.69) is 16.0 Å². The number of primary amides is 1. The number of nitrogens with two attached hydrogens (primary N) is 1. The van der Waals surface area contributed by atoms with Crippen LogP contribution >= 0.6 is 0 Å². The lowest BCUT2D eigenvalue weighted by molar-refractivity contribution is -0.126. The predicted octanol–water partition coefficient (Wildman–Crippen LogP) is 1.83. The van der Waals surface area contributed by atoms with Gasteiger partial charge in [-0.15, -0.1) is 0 Å². The van der Waals surface area contributed by atoms with Crippen LogP contribution in [0, 0.1) is 0 Å². The molecule has 0 bridgehead atoms. The molecule has 2 aromatic carbocycles. The molecular formula is C20H24N4O4. The third-order valence-corrected chi connectivity index (χ3v) is 3.77. The predicted molar refractivity (Wildman–Crippen MR) is 105 cm³/mol. The van der Waals surface area contributed by atoms with Crippen LogP contribution in [0.5, 0.6) is 11.5 Å². The van der Waals surface area contributed by atoms with Crippen molar-refractivity contribution in [2.75, 3.05) is 13.1 Å². The van der Waals surface area contributed by atoms with E-state index in [0.29, 0.717) is 23.6 Å². The quantitative estimate of drug-likeness (QED) is 0.527. The van der Waals surface area contributed by atoms with Gasteiger partial charge in [-0.2, -0.15) is 0 Å². The van der Waals surface area contributed by atoms with Gasteiger partial charge in [0.25, 0.3) is 0 Å². The number of hydrogen-bond acceptors (Lipinski definition) is 4. The summed E-state index contributed by atoms with van der Waals surface area (Å²) in [7, 11) is 0. The Kier molecular flexibility index (Phi) is 7.83. The van der Waals surface area contributed by atoms with Crippen molar-refractivity contribution in [1.82, 2.24) is 16.0 Å². The summed E-state index contributed by atoms with van der Waals surface area (Å²) < 4.78 is 5.79. The van der Waals surface area contributed by atoms with Crippen LogP contribution in [-0.4, -0.2) is 30.9 Å². The normalized spacial score (nSPS) is 11.2. The Labute approximate surface area is 163 Å². The van der Waals surface area contributed by atoms with Crippen LogP contribution in [0.4, 0.5) is 4.79 Å². The highest BCUT2D eigenvalue weighted by Gasteiger charge is 2.18. The first-order valence-electron chi connectivity index (χ1n) is 8.90. The third kappa shape index (κ3) is 6.99. The molecule has 0 spiro atoms. The average molecular weight is 384 g/mol. The Morgan fingerprint density at radius 3 is 2.36 bits per heavy atom. The molecule has 0 aliphatic carbocycles. The maximum Gasteiger partial charge on any atom is 0.312 e. The molecule has 2 rings (SSSR count). The van der Waals surface area contributed by atoms with E-state index >= 15 is 0 Å². The molecule has 0 fully saturated rings. The number of nitrogens with one attached hydrogen (secondary N) is 3. The maximum atomic E-state index is 12.2. The summed E-state index contributed by atoms with van der Waals surface area (Å²) in [5, 5.41) is 7.66. The summed E-state index contributed by atoms with van der Waals surface area (Å²) in [4.78, 5) is 35.0. The highest BCUT2D eigenvalue weighted by molar-refractivity contribution is 5.85. The number of carbonyl (C=O) groups is 3. The molecule has 0 aromatic heterocycles. The van der Waals surface area contributed by atoms with E-state index in [0.717, 1.165) is 0 Å². The van der Waals surface area contributed by atoms with Gasteiger partial charge >= 0.3 is 6.03 Å². The minimum absolute atomic E-state index is 0.0723. The summed E-state index contributed by atoms with van der Waals surface area (Å²) >= 11 is 0. The van der Waals surface area contributed by atoms with E-state index in [4.69, 9.17) is 10.5 Å². The van der Waals surface area contributed by atoms with Crippen LogP contribution in [0.2, 0.25) is 0 Å². The minimum atomic E-state index is -0.754. The number of likely N-dealkylation sites (N-methyl/N-ethyl adjacent to an activating group) is 1. The van der Waals surface area contributed by atoms with Crippen LogP contribution in [0.15, 0.2) is 54.6 Å². The second kappa shape index (κ2) is 10.6. The lowest BCUT2D eigenvalue weighted by atomic mass is 10.0. The molecule has 8 heteroatoms. The van der Waals surface area contributed by atoms with Gasteiger partial charge in [0.15, 0.2) is 0 Å². The fraction of sp³-hybridized carbons (Fsp3) is 0.250. The van der Waals surface area contributed by atoms with Gasteiger partial charge in [0.1, 0.15) is 11.5 Å². The number of benzene rings is 2. The first-order valence-corrected chi connectivity index (χ1v) is 8.90. The van der Waals surface area contributed by atoms with E-state index in [9.17, 15) is 14.4 Å². The summed E-state index contributed by atoms with van der Waals surface area (Å²) in [5.41, 5.74) is 5.91. The Morgan fingerprint density at radius 1 is 0.964 bits per heavy atom. The number of urea groups is 1. The van der Waals surface area contributed by atoms with E-state index in [1.807, 2.05) is 30.3 Å². The molecular weight excluding hydrogens is 360 g/mol. The van der Waals surface area contributed by atoms with Crippen molar-refractivity contribution in [1.29, 1.82) is 0 Å². The molecule has 0 saturated carbocycles. The highest BCUT2D eigenvalue weighted by atomic mass is 16.5. The summed E-state index contributed by atoms with van der Waals surface area (Å²) in [6, 6.07) is 14.8. The standard InChI is InChI=1S/C20H24N4O4/c1-2-22-19(26)13-23-18(25)12-17(24-20(21)27)14-7-6-10-16(11-14)28-15-8-4-3-5-9-15/h3-11,17H,2,12-13H2,1H3,(H,22,26)(H,23,25)(H3,21,24,27)/t17-/m1/s1. The van der Waals surface area contributed by atoms with E-state index < -0.39 is 12.1 Å². The van der Waals surface area contributed by atoms with Crippen LogP contribution in [0.3, 0.4) is 0 Å². The van der Waals surface area contributed by atoms with Gasteiger partial charge in [0, 0.05) is 6.54 Å². The van der Waals surface area contributed by atoms with Crippen LogP contribution in [-0.2, 0) is 9.59 Å². The van der Waals surface area contributed by atoms with Crippen LogP contribution in [0.1, 0.15) is 24.9 Å². The smallest absolute Gasteiger partial charge is 0.312 e. The molecule has 1 atom stereocenters. The van der Waals surface area contributed by atoms with Crippen molar-refractivity contribution in [3.63, 3.8) is 0 Å². The molecule has 0 unspecified atom stereocenters. The fourth-order valence-corrected chi connectivity index (χ4v) is 2.54. The van der Waals surface area contributed by atoms with Gasteiger partial charge in [-0.25, -0.2) is 4.79 Å². The number of rotatable bonds is 9. The second-order valence-corrected chi connectivity index (χ2v) is 5.98. The number of hydrogen-bond donors (Lipinski definition) is 4. The van der Waals surface area contributed by atoms with Gasteiger partial charge < -0.3 is 26.4 Å². The molecule has 0 saturated heterocycles. The summed E-state index contributed by atoms with van der Waals surface area (Å²) in [5.74, 6) is 0.550. The molecule has 0 aliphatic heterocycles. The van der Waals surface area contributed by atoms with Crippen molar-refractivity contribution >= 4 is 17.8 Å². The number of ether oxygens (including phenoxy) is 1. The Balaban J connectivity index is 2.07. The Morgan fingerprint density at radius 2 is 1.68 bits per heavy atom. The largest absolute Gasteiger partial charge is 0.457 e. The zero-order valence-corrected chi connectivity index (χ0v) is 15.6. The molecule has 2 aromatic rings. The summed E-state index contributed by atoms with van der Waals surface area (Å²) in [6.07, 6.45) is -0.0723. The second-order valence-electron chi connectivity index (χ2n) is 5.98. The molecule has 0 radical (unpaired) electrons. The fourth-order valence-electron chi connectivity index (χ4n) is 2.54. The van der Waals surface area contributed by atoms with Gasteiger partial charge in [-0.3, -0.25) is 9.59 Å². The molecule has 5 N–H and O–H groups in total. The van der Waals surface area contributed by atoms with Crippen molar-refractivity contribution in [2.45, 2.75) is 19.4 Å². The number of amides is 4. The van der Waals surface area contributed by atoms with E-state index in [1.165, 1.54) is 0 Å². The van der Waals surface area contributed by atoms with Gasteiger partial charge in [-0.1, -0.05) is 30.3 Å². The van der Waals surface area contributed by atoms with Crippen LogP contribution < -0.4 is 26.4 Å².